The molecule has 40 heavy (non-hydrogen) atoms. The average molecular weight is 532 g/mol. The minimum atomic E-state index is -0.217. The molecule has 0 radical (unpaired) electrons. The highest BCUT2D eigenvalue weighted by atomic mass is 16.2. The first-order valence-electron chi connectivity index (χ1n) is 13.9. The largest absolute Gasteiger partial charge is 0.320 e. The fourth-order valence-electron chi connectivity index (χ4n) is 5.64. The molecule has 0 bridgehead atoms. The summed E-state index contributed by atoms with van der Waals surface area (Å²) in [5.41, 5.74) is 11.1. The fourth-order valence-corrected chi connectivity index (χ4v) is 5.64. The van der Waals surface area contributed by atoms with Crippen molar-refractivity contribution in [1.82, 2.24) is 20.6 Å². The van der Waals surface area contributed by atoms with E-state index in [-0.39, 0.29) is 11.7 Å². The molecular weight excluding hydrogens is 498 g/mol. The molecule has 7 nitrogen and oxygen atoms in total. The number of Topliss-reactive ketones (excluding diaryl/α,β-unsaturated/α-hetero) is 1. The van der Waals surface area contributed by atoms with Crippen LogP contribution in [-0.2, 0) is 32.4 Å². The Kier molecular flexibility index (Phi) is 7.24. The number of hydrogen-bond acceptors (Lipinski definition) is 6. The molecular formula is C33H33N5O2. The van der Waals surface area contributed by atoms with E-state index in [2.05, 4.69) is 45.0 Å². The highest BCUT2D eigenvalue weighted by molar-refractivity contribution is 6.04. The highest BCUT2D eigenvalue weighted by Gasteiger charge is 2.19. The number of anilines is 1. The number of benzene rings is 2. The van der Waals surface area contributed by atoms with Crippen molar-refractivity contribution in [2.45, 2.75) is 46.2 Å². The standard InChI is InChI=1S/C33H33N5O2/c1-20-22(17-32(39)30-11-9-23-18-34-15-13-28(23)36-30)5-3-6-25(20)26-7-4-8-27(21(26)2)38-33(40)31-12-10-24-19-35-16-14-29(24)37-31/h3-12,34-35H,13-19H2,1-2H3,(H,38,40). The molecule has 0 atom stereocenters. The van der Waals surface area contributed by atoms with E-state index in [1.165, 1.54) is 5.56 Å². The van der Waals surface area contributed by atoms with Gasteiger partial charge in [-0.05, 0) is 71.0 Å². The summed E-state index contributed by atoms with van der Waals surface area (Å²) in [4.78, 5) is 35.7. The fraction of sp³-hybridized carbons (Fsp3) is 0.273. The molecule has 202 valence electrons. The molecule has 6 rings (SSSR count). The maximum absolute atomic E-state index is 13.2. The summed E-state index contributed by atoms with van der Waals surface area (Å²) in [6.07, 6.45) is 1.96. The van der Waals surface area contributed by atoms with Crippen LogP contribution in [0.15, 0.2) is 60.7 Å². The number of carbonyl (C=O) groups excluding carboxylic acids is 2. The number of nitrogens with one attached hydrogen (secondary N) is 3. The van der Waals surface area contributed by atoms with Crippen LogP contribution in [0.1, 0.15) is 60.2 Å². The molecule has 2 aromatic carbocycles. The van der Waals surface area contributed by atoms with Crippen LogP contribution in [0.25, 0.3) is 11.1 Å². The van der Waals surface area contributed by atoms with E-state index in [1.807, 2.05) is 49.4 Å². The second-order valence-corrected chi connectivity index (χ2v) is 10.6. The van der Waals surface area contributed by atoms with Gasteiger partial charge in [-0.3, -0.25) is 9.59 Å². The third kappa shape index (κ3) is 5.18. The molecule has 0 aliphatic carbocycles. The Morgan fingerprint density at radius 2 is 1.35 bits per heavy atom. The van der Waals surface area contributed by atoms with Crippen molar-refractivity contribution < 1.29 is 9.59 Å². The smallest absolute Gasteiger partial charge is 0.274 e. The third-order valence-electron chi connectivity index (χ3n) is 8.03. The van der Waals surface area contributed by atoms with E-state index in [9.17, 15) is 9.59 Å². The van der Waals surface area contributed by atoms with Gasteiger partial charge in [-0.1, -0.05) is 42.5 Å². The van der Waals surface area contributed by atoms with Gasteiger partial charge in [0.25, 0.3) is 5.91 Å². The van der Waals surface area contributed by atoms with Crippen molar-refractivity contribution >= 4 is 17.4 Å². The molecule has 7 heteroatoms. The van der Waals surface area contributed by atoms with E-state index in [1.54, 1.807) is 6.07 Å². The monoisotopic (exact) mass is 531 g/mol. The SMILES string of the molecule is Cc1c(CC(=O)c2ccc3c(n2)CCNC3)cccc1-c1cccc(NC(=O)c2ccc3c(n2)CCNC3)c1C. The van der Waals surface area contributed by atoms with Gasteiger partial charge in [0.2, 0.25) is 0 Å². The van der Waals surface area contributed by atoms with Crippen molar-refractivity contribution in [2.24, 2.45) is 0 Å². The molecule has 0 unspecified atom stereocenters. The lowest BCUT2D eigenvalue weighted by Crippen LogP contribution is -2.26. The summed E-state index contributed by atoms with van der Waals surface area (Å²) in [6, 6.07) is 19.6. The van der Waals surface area contributed by atoms with Crippen LogP contribution in [0.3, 0.4) is 0 Å². The van der Waals surface area contributed by atoms with Gasteiger partial charge < -0.3 is 16.0 Å². The van der Waals surface area contributed by atoms with Crippen LogP contribution in [0.5, 0.6) is 0 Å². The Labute approximate surface area is 234 Å². The second-order valence-electron chi connectivity index (χ2n) is 10.6. The van der Waals surface area contributed by atoms with E-state index < -0.39 is 0 Å². The maximum Gasteiger partial charge on any atom is 0.274 e. The Bertz CT molecular complexity index is 1510. The van der Waals surface area contributed by atoms with Crippen LogP contribution in [-0.4, -0.2) is 34.7 Å². The Hall–Kier alpha value is -4.20. The molecule has 2 aliphatic heterocycles. The van der Waals surface area contributed by atoms with E-state index >= 15 is 0 Å². The Morgan fingerprint density at radius 1 is 0.750 bits per heavy atom. The summed E-state index contributed by atoms with van der Waals surface area (Å²) in [6.45, 7) is 7.42. The quantitative estimate of drug-likeness (QED) is 0.312. The van der Waals surface area contributed by atoms with Gasteiger partial charge in [0.15, 0.2) is 5.78 Å². The number of amides is 1. The van der Waals surface area contributed by atoms with Gasteiger partial charge in [0.05, 0.1) is 0 Å². The number of hydrogen-bond donors (Lipinski definition) is 3. The second kappa shape index (κ2) is 11.1. The lowest BCUT2D eigenvalue weighted by Gasteiger charge is -2.18. The lowest BCUT2D eigenvalue weighted by atomic mass is 9.91. The number of ketones is 1. The summed E-state index contributed by atoms with van der Waals surface area (Å²) in [5, 5.41) is 9.75. The zero-order valence-electron chi connectivity index (χ0n) is 22.9. The number of aromatic nitrogens is 2. The zero-order chi connectivity index (χ0) is 27.6. The number of carbonyl (C=O) groups is 2. The molecule has 4 heterocycles. The van der Waals surface area contributed by atoms with Crippen molar-refractivity contribution in [3.8, 4) is 11.1 Å². The minimum absolute atomic E-state index is 0.0210. The number of rotatable bonds is 6. The number of fused-ring (bicyclic) bond motifs is 2. The molecule has 0 saturated heterocycles. The van der Waals surface area contributed by atoms with Crippen molar-refractivity contribution in [2.75, 3.05) is 18.4 Å². The first-order valence-corrected chi connectivity index (χ1v) is 13.9. The normalized spacial score (nSPS) is 14.2. The number of pyridine rings is 2. The van der Waals surface area contributed by atoms with Crippen LogP contribution in [0.4, 0.5) is 5.69 Å². The summed E-state index contributed by atoms with van der Waals surface area (Å²) in [7, 11) is 0. The summed E-state index contributed by atoms with van der Waals surface area (Å²) in [5.74, 6) is -0.196. The van der Waals surface area contributed by atoms with Crippen LogP contribution in [0, 0.1) is 13.8 Å². The minimum Gasteiger partial charge on any atom is -0.320 e. The van der Waals surface area contributed by atoms with E-state index in [4.69, 9.17) is 0 Å². The van der Waals surface area contributed by atoms with Gasteiger partial charge in [-0.15, -0.1) is 0 Å². The van der Waals surface area contributed by atoms with Gasteiger partial charge in [0, 0.05) is 62.5 Å². The number of nitrogens with zero attached hydrogens (tertiary/aromatic N) is 2. The van der Waals surface area contributed by atoms with Gasteiger partial charge >= 0.3 is 0 Å². The summed E-state index contributed by atoms with van der Waals surface area (Å²) >= 11 is 0. The Balaban J connectivity index is 1.23. The third-order valence-corrected chi connectivity index (χ3v) is 8.03. The van der Waals surface area contributed by atoms with Crippen molar-refractivity contribution in [3.05, 3.63) is 111 Å². The highest BCUT2D eigenvalue weighted by Crippen LogP contribution is 2.33. The predicted molar refractivity (Wildman–Crippen MR) is 157 cm³/mol. The van der Waals surface area contributed by atoms with Crippen molar-refractivity contribution in [1.29, 1.82) is 0 Å². The Morgan fingerprint density at radius 3 is 2.05 bits per heavy atom. The predicted octanol–water partition coefficient (Wildman–Crippen LogP) is 4.73. The van der Waals surface area contributed by atoms with Gasteiger partial charge in [-0.2, -0.15) is 0 Å². The molecule has 4 aromatic rings. The van der Waals surface area contributed by atoms with Crippen molar-refractivity contribution in [3.63, 3.8) is 0 Å². The molecule has 0 spiro atoms. The maximum atomic E-state index is 13.2. The molecule has 1 amide bonds. The molecule has 2 aromatic heterocycles. The zero-order valence-corrected chi connectivity index (χ0v) is 22.9. The molecule has 2 aliphatic rings. The first-order chi connectivity index (χ1) is 19.5. The summed E-state index contributed by atoms with van der Waals surface area (Å²) < 4.78 is 0. The average Bonchev–Trinajstić information content (AvgIpc) is 2.99. The van der Waals surface area contributed by atoms with Gasteiger partial charge in [0.1, 0.15) is 11.4 Å². The van der Waals surface area contributed by atoms with Crippen LogP contribution >= 0.6 is 0 Å². The molecule has 0 saturated carbocycles. The first kappa shape index (κ1) is 26.0. The topological polar surface area (TPSA) is 96.0 Å². The molecule has 3 N–H and O–H groups in total. The van der Waals surface area contributed by atoms with Gasteiger partial charge in [-0.25, -0.2) is 9.97 Å². The van der Waals surface area contributed by atoms with Crippen LogP contribution < -0.4 is 16.0 Å². The van der Waals surface area contributed by atoms with E-state index in [0.29, 0.717) is 17.8 Å². The van der Waals surface area contributed by atoms with E-state index in [0.717, 1.165) is 89.5 Å². The molecule has 0 fully saturated rings. The lowest BCUT2D eigenvalue weighted by molar-refractivity contribution is 0.0985. The van der Waals surface area contributed by atoms with Crippen LogP contribution in [0.2, 0.25) is 0 Å².